The fourth-order valence-corrected chi connectivity index (χ4v) is 4.26. The van der Waals surface area contributed by atoms with Crippen LogP contribution < -0.4 is 16.8 Å². The lowest BCUT2D eigenvalue weighted by molar-refractivity contribution is 0.00607. The highest BCUT2D eigenvalue weighted by Gasteiger charge is 2.34. The minimum absolute atomic E-state index is 0.145. The van der Waals surface area contributed by atoms with Gasteiger partial charge in [0.1, 0.15) is 17.8 Å². The van der Waals surface area contributed by atoms with E-state index in [0.29, 0.717) is 33.5 Å². The number of β-amino-alcohol motifs (C(OH)–C–C–N with tert-alkyl or cyclic N) is 1. The van der Waals surface area contributed by atoms with Crippen LogP contribution in [0.25, 0.3) is 22.0 Å². The molecule has 3 heterocycles. The number of halogens is 1. The van der Waals surface area contributed by atoms with E-state index in [4.69, 9.17) is 16.5 Å². The summed E-state index contributed by atoms with van der Waals surface area (Å²) in [4.78, 5) is 28.2. The number of carbonyl (C=O) groups excluding carboxylic acids is 1. The number of rotatable bonds is 5. The van der Waals surface area contributed by atoms with Gasteiger partial charge in [0.2, 0.25) is 0 Å². The van der Waals surface area contributed by atoms with E-state index in [-0.39, 0.29) is 30.5 Å². The second-order valence-electron chi connectivity index (χ2n) is 8.53. The van der Waals surface area contributed by atoms with E-state index in [9.17, 15) is 14.3 Å². The van der Waals surface area contributed by atoms with Gasteiger partial charge >= 0.3 is 0 Å². The second kappa shape index (κ2) is 8.80. The van der Waals surface area contributed by atoms with Crippen molar-refractivity contribution < 1.29 is 14.3 Å². The molecule has 1 aliphatic rings. The summed E-state index contributed by atoms with van der Waals surface area (Å²) in [6, 6.07) is 13.0. The summed E-state index contributed by atoms with van der Waals surface area (Å²) < 4.78 is 14.4. The molecule has 1 amide bonds. The van der Waals surface area contributed by atoms with Gasteiger partial charge in [-0.2, -0.15) is 0 Å². The molecule has 2 aromatic heterocycles. The van der Waals surface area contributed by atoms with Crippen LogP contribution in [0.15, 0.2) is 54.9 Å². The van der Waals surface area contributed by atoms with Crippen molar-refractivity contribution in [3.8, 4) is 11.1 Å². The zero-order chi connectivity index (χ0) is 24.7. The number of nitrogens with zero attached hydrogens (tertiary/aromatic N) is 4. The van der Waals surface area contributed by atoms with Crippen LogP contribution in [0.5, 0.6) is 0 Å². The Kier molecular flexibility index (Phi) is 5.65. The summed E-state index contributed by atoms with van der Waals surface area (Å²) in [5, 5.41) is 13.4. The van der Waals surface area contributed by atoms with Crippen LogP contribution in [0, 0.1) is 5.82 Å². The van der Waals surface area contributed by atoms with Gasteiger partial charge in [-0.25, -0.2) is 19.3 Å². The summed E-state index contributed by atoms with van der Waals surface area (Å²) in [7, 11) is 0. The molecule has 6 N–H and O–H groups in total. The maximum atomic E-state index is 14.4. The average Bonchev–Trinajstić information content (AvgIpc) is 2.83. The number of aromatic nitrogens is 3. The molecule has 0 radical (unpaired) electrons. The molecule has 0 aliphatic carbocycles. The third-order valence-electron chi connectivity index (χ3n) is 6.08. The molecule has 1 atom stereocenters. The van der Waals surface area contributed by atoms with Gasteiger partial charge in [-0.15, -0.1) is 0 Å². The van der Waals surface area contributed by atoms with Gasteiger partial charge in [0.05, 0.1) is 28.9 Å². The van der Waals surface area contributed by atoms with Crippen LogP contribution in [0.2, 0.25) is 0 Å². The minimum atomic E-state index is -0.574. The molecule has 0 bridgehead atoms. The molecule has 4 aromatic rings. The predicted octanol–water partition coefficient (Wildman–Crippen LogP) is 2.99. The number of hydrogen-bond donors (Lipinski definition) is 4. The molecule has 35 heavy (non-hydrogen) atoms. The highest BCUT2D eigenvalue weighted by molar-refractivity contribution is 6.12. The predicted molar refractivity (Wildman–Crippen MR) is 132 cm³/mol. The zero-order valence-electron chi connectivity index (χ0n) is 18.9. The number of carbonyl (C=O) groups is 1. The normalized spacial score (nSPS) is 14.5. The van der Waals surface area contributed by atoms with Crippen LogP contribution in [0.1, 0.15) is 29.0 Å². The number of amides is 1. The smallest absolute Gasteiger partial charge is 0.255 e. The first kappa shape index (κ1) is 22.5. The first-order chi connectivity index (χ1) is 16.8. The van der Waals surface area contributed by atoms with Crippen LogP contribution in [-0.2, 0) is 0 Å². The lowest BCUT2D eigenvalue weighted by atomic mass is 9.90. The number of benzene rings is 2. The molecule has 10 heteroatoms. The SMILES string of the molecule is CC(Nc1ncnc(N)c1N)c1nc2ccc(F)cc2c(C(=O)N2CC(O)C2)c1-c1ccccc1. The number of likely N-dealkylation sites (tertiary alicyclic amines) is 1. The van der Waals surface area contributed by atoms with Crippen LogP contribution in [0.3, 0.4) is 0 Å². The first-order valence-electron chi connectivity index (χ1n) is 11.1. The number of pyridine rings is 1. The number of nitrogen functional groups attached to an aromatic ring is 2. The molecule has 1 saturated heterocycles. The van der Waals surface area contributed by atoms with E-state index in [1.54, 1.807) is 11.0 Å². The quantitative estimate of drug-likeness (QED) is 0.346. The Morgan fingerprint density at radius 2 is 1.91 bits per heavy atom. The molecule has 0 saturated carbocycles. The highest BCUT2D eigenvalue weighted by Crippen LogP contribution is 2.38. The van der Waals surface area contributed by atoms with Crippen molar-refractivity contribution in [3.63, 3.8) is 0 Å². The van der Waals surface area contributed by atoms with E-state index < -0.39 is 18.0 Å². The molecule has 1 fully saturated rings. The van der Waals surface area contributed by atoms with Crippen molar-refractivity contribution in [1.29, 1.82) is 0 Å². The summed E-state index contributed by atoms with van der Waals surface area (Å²) in [5.74, 6) is -0.290. The van der Waals surface area contributed by atoms with Gasteiger partial charge in [0.15, 0.2) is 11.6 Å². The lowest BCUT2D eigenvalue weighted by Gasteiger charge is -2.37. The second-order valence-corrected chi connectivity index (χ2v) is 8.53. The first-order valence-corrected chi connectivity index (χ1v) is 11.1. The minimum Gasteiger partial charge on any atom is -0.393 e. The number of nitrogens with two attached hydrogens (primary N) is 2. The van der Waals surface area contributed by atoms with E-state index in [2.05, 4.69) is 15.3 Å². The zero-order valence-corrected chi connectivity index (χ0v) is 18.9. The third kappa shape index (κ3) is 4.08. The number of hydrogen-bond acceptors (Lipinski definition) is 8. The van der Waals surface area contributed by atoms with Crippen molar-refractivity contribution >= 4 is 34.1 Å². The monoisotopic (exact) mass is 473 g/mol. The Morgan fingerprint density at radius 3 is 2.63 bits per heavy atom. The van der Waals surface area contributed by atoms with Gasteiger partial charge in [0.25, 0.3) is 5.91 Å². The van der Waals surface area contributed by atoms with Crippen molar-refractivity contribution in [3.05, 3.63) is 71.9 Å². The Labute approximate surface area is 200 Å². The Bertz CT molecular complexity index is 1420. The molecule has 0 spiro atoms. The molecular weight excluding hydrogens is 449 g/mol. The standard InChI is InChI=1S/C25H24FN7O2/c1-13(31-24-21(27)23(28)29-12-30-24)22-19(14-5-3-2-4-6-14)20(25(35)33-10-16(34)11-33)17-9-15(26)7-8-18(17)32-22/h2-9,12-13,16,34H,10-11,27H2,1H3,(H3,28,29,30,31). The number of aliphatic hydroxyl groups excluding tert-OH is 1. The van der Waals surface area contributed by atoms with Crippen LogP contribution >= 0.6 is 0 Å². The largest absolute Gasteiger partial charge is 0.393 e. The van der Waals surface area contributed by atoms with E-state index in [1.807, 2.05) is 37.3 Å². The Balaban J connectivity index is 1.74. The number of aliphatic hydroxyl groups is 1. The summed E-state index contributed by atoms with van der Waals surface area (Å²) in [6.07, 6.45) is 0.731. The van der Waals surface area contributed by atoms with E-state index in [0.717, 1.165) is 5.56 Å². The topological polar surface area (TPSA) is 143 Å². The summed E-state index contributed by atoms with van der Waals surface area (Å²) in [5.41, 5.74) is 14.8. The fraction of sp³-hybridized carbons (Fsp3) is 0.200. The van der Waals surface area contributed by atoms with Gasteiger partial charge in [-0.05, 0) is 30.7 Å². The summed E-state index contributed by atoms with van der Waals surface area (Å²) in [6.45, 7) is 2.29. The Hall–Kier alpha value is -4.31. The average molecular weight is 474 g/mol. The Morgan fingerprint density at radius 1 is 1.17 bits per heavy atom. The molecule has 5 rings (SSSR count). The maximum absolute atomic E-state index is 14.4. The molecule has 9 nitrogen and oxygen atoms in total. The maximum Gasteiger partial charge on any atom is 0.255 e. The van der Waals surface area contributed by atoms with Gasteiger partial charge in [0, 0.05) is 24.0 Å². The summed E-state index contributed by atoms with van der Waals surface area (Å²) >= 11 is 0. The van der Waals surface area contributed by atoms with Gasteiger partial charge < -0.3 is 26.8 Å². The number of anilines is 3. The van der Waals surface area contributed by atoms with Crippen LogP contribution in [-0.4, -0.2) is 50.1 Å². The molecular formula is C25H24FN7O2. The van der Waals surface area contributed by atoms with Gasteiger partial charge in [-0.3, -0.25) is 4.79 Å². The van der Waals surface area contributed by atoms with E-state index in [1.165, 1.54) is 18.5 Å². The lowest BCUT2D eigenvalue weighted by Crippen LogP contribution is -2.53. The van der Waals surface area contributed by atoms with Gasteiger partial charge in [-0.1, -0.05) is 30.3 Å². The molecule has 2 aromatic carbocycles. The van der Waals surface area contributed by atoms with Crippen molar-refractivity contribution in [2.45, 2.75) is 19.1 Å². The van der Waals surface area contributed by atoms with Crippen LogP contribution in [0.4, 0.5) is 21.7 Å². The van der Waals surface area contributed by atoms with E-state index >= 15 is 0 Å². The highest BCUT2D eigenvalue weighted by atomic mass is 19.1. The molecule has 1 unspecified atom stereocenters. The number of fused-ring (bicyclic) bond motifs is 1. The fourth-order valence-electron chi connectivity index (χ4n) is 4.26. The third-order valence-corrected chi connectivity index (χ3v) is 6.08. The molecule has 1 aliphatic heterocycles. The number of nitrogens with one attached hydrogen (secondary N) is 1. The molecule has 178 valence electrons. The van der Waals surface area contributed by atoms with Crippen molar-refractivity contribution in [1.82, 2.24) is 19.9 Å². The van der Waals surface area contributed by atoms with Crippen molar-refractivity contribution in [2.75, 3.05) is 29.9 Å². The van der Waals surface area contributed by atoms with Crippen molar-refractivity contribution in [2.24, 2.45) is 0 Å².